The molecule has 32 heavy (non-hydrogen) atoms. The van der Waals surface area contributed by atoms with Crippen LogP contribution in [0.15, 0.2) is 42.7 Å². The zero-order valence-corrected chi connectivity index (χ0v) is 17.4. The standard InChI is InChI=1S/C22H20F3N5O2/c1-13-9-16(15-5-3-4-6-17(15)23)18(19(28-13)30-8-7-22(24,25)12-30)29-20(31)14-10-26-21(32-2)27-11-14/h3-6,9-11H,7-8,12H2,1-2H3,(H,29,31). The van der Waals surface area contributed by atoms with Crippen LogP contribution < -0.4 is 15.0 Å². The van der Waals surface area contributed by atoms with Gasteiger partial charge in [0.05, 0.1) is 24.9 Å². The number of carbonyl (C=O) groups excluding carboxylic acids is 1. The van der Waals surface area contributed by atoms with Crippen molar-refractivity contribution in [2.24, 2.45) is 0 Å². The molecule has 0 aliphatic carbocycles. The minimum absolute atomic E-state index is 0.0503. The highest BCUT2D eigenvalue weighted by Gasteiger charge is 2.40. The maximum absolute atomic E-state index is 14.7. The summed E-state index contributed by atoms with van der Waals surface area (Å²) < 4.78 is 47.5. The largest absolute Gasteiger partial charge is 0.467 e. The minimum atomic E-state index is -2.88. The van der Waals surface area contributed by atoms with E-state index in [1.165, 1.54) is 30.5 Å². The van der Waals surface area contributed by atoms with Gasteiger partial charge < -0.3 is 15.0 Å². The number of aromatic nitrogens is 3. The second-order valence-corrected chi connectivity index (χ2v) is 7.43. The van der Waals surface area contributed by atoms with Gasteiger partial charge in [-0.15, -0.1) is 0 Å². The van der Waals surface area contributed by atoms with Gasteiger partial charge in [-0.2, -0.15) is 0 Å². The number of nitrogens with one attached hydrogen (secondary N) is 1. The van der Waals surface area contributed by atoms with Gasteiger partial charge in [-0.05, 0) is 19.1 Å². The first-order valence-corrected chi connectivity index (χ1v) is 9.84. The third-order valence-corrected chi connectivity index (χ3v) is 5.07. The van der Waals surface area contributed by atoms with Crippen LogP contribution in [0.25, 0.3) is 11.1 Å². The maximum atomic E-state index is 14.7. The quantitative estimate of drug-likeness (QED) is 0.640. The molecular weight excluding hydrogens is 423 g/mol. The first-order valence-electron chi connectivity index (χ1n) is 9.84. The van der Waals surface area contributed by atoms with Crippen molar-refractivity contribution >= 4 is 17.4 Å². The van der Waals surface area contributed by atoms with Gasteiger partial charge in [0.2, 0.25) is 0 Å². The van der Waals surface area contributed by atoms with Crippen LogP contribution in [0.2, 0.25) is 0 Å². The number of aryl methyl sites for hydroxylation is 1. The van der Waals surface area contributed by atoms with Crippen molar-refractivity contribution in [3.8, 4) is 17.1 Å². The lowest BCUT2D eigenvalue weighted by molar-refractivity contribution is 0.0257. The van der Waals surface area contributed by atoms with Crippen LogP contribution >= 0.6 is 0 Å². The molecule has 4 rings (SSSR count). The molecule has 0 spiro atoms. The Hall–Kier alpha value is -3.69. The number of rotatable bonds is 5. The Balaban J connectivity index is 1.81. The third-order valence-electron chi connectivity index (χ3n) is 5.07. The van der Waals surface area contributed by atoms with E-state index in [4.69, 9.17) is 4.74 Å². The number of amides is 1. The van der Waals surface area contributed by atoms with E-state index in [0.29, 0.717) is 11.3 Å². The summed E-state index contributed by atoms with van der Waals surface area (Å²) in [5.41, 5.74) is 1.30. The van der Waals surface area contributed by atoms with E-state index in [-0.39, 0.29) is 41.6 Å². The molecule has 1 N–H and O–H groups in total. The van der Waals surface area contributed by atoms with Crippen LogP contribution in [0.1, 0.15) is 22.5 Å². The first kappa shape index (κ1) is 21.5. The molecule has 0 saturated carbocycles. The number of hydrogen-bond acceptors (Lipinski definition) is 6. The molecule has 10 heteroatoms. The lowest BCUT2D eigenvalue weighted by Gasteiger charge is -2.24. The highest BCUT2D eigenvalue weighted by Crippen LogP contribution is 2.40. The molecule has 166 valence electrons. The molecule has 0 atom stereocenters. The van der Waals surface area contributed by atoms with Crippen molar-refractivity contribution in [1.82, 2.24) is 15.0 Å². The zero-order chi connectivity index (χ0) is 22.9. The van der Waals surface area contributed by atoms with Crippen molar-refractivity contribution < 1.29 is 22.7 Å². The maximum Gasteiger partial charge on any atom is 0.316 e. The Bertz CT molecular complexity index is 1150. The Kier molecular flexibility index (Phi) is 5.68. The van der Waals surface area contributed by atoms with E-state index < -0.39 is 24.2 Å². The zero-order valence-electron chi connectivity index (χ0n) is 17.4. The minimum Gasteiger partial charge on any atom is -0.467 e. The number of halogens is 3. The monoisotopic (exact) mass is 443 g/mol. The van der Waals surface area contributed by atoms with Crippen molar-refractivity contribution in [1.29, 1.82) is 0 Å². The number of alkyl halides is 2. The van der Waals surface area contributed by atoms with E-state index in [9.17, 15) is 18.0 Å². The Morgan fingerprint density at radius 3 is 2.53 bits per heavy atom. The van der Waals surface area contributed by atoms with Crippen LogP contribution in [-0.2, 0) is 0 Å². The van der Waals surface area contributed by atoms with Gasteiger partial charge in [-0.1, -0.05) is 18.2 Å². The average molecular weight is 443 g/mol. The summed E-state index contributed by atoms with van der Waals surface area (Å²) in [5.74, 6) is -3.83. The third kappa shape index (κ3) is 4.34. The smallest absolute Gasteiger partial charge is 0.316 e. The van der Waals surface area contributed by atoms with Gasteiger partial charge in [0.25, 0.3) is 11.8 Å². The number of ether oxygens (including phenoxy) is 1. The molecule has 3 aromatic rings. The van der Waals surface area contributed by atoms with Gasteiger partial charge in [-0.25, -0.2) is 28.1 Å². The van der Waals surface area contributed by atoms with E-state index in [1.807, 2.05) is 0 Å². The molecular formula is C22H20F3N5O2. The number of carbonyl (C=O) groups is 1. The fourth-order valence-corrected chi connectivity index (χ4v) is 3.54. The number of nitrogens with zero attached hydrogens (tertiary/aromatic N) is 4. The van der Waals surface area contributed by atoms with Gasteiger partial charge in [0, 0.05) is 42.2 Å². The SMILES string of the molecule is COc1ncc(C(=O)Nc2c(-c3ccccc3F)cc(C)nc2N2CCC(F)(F)C2)cn1. The highest BCUT2D eigenvalue weighted by molar-refractivity contribution is 6.08. The van der Waals surface area contributed by atoms with Crippen LogP contribution in [0.4, 0.5) is 24.7 Å². The molecule has 1 fully saturated rings. The van der Waals surface area contributed by atoms with Gasteiger partial charge in [-0.3, -0.25) is 4.79 Å². The fourth-order valence-electron chi connectivity index (χ4n) is 3.54. The van der Waals surface area contributed by atoms with E-state index in [0.717, 1.165) is 0 Å². The van der Waals surface area contributed by atoms with Gasteiger partial charge >= 0.3 is 6.01 Å². The topological polar surface area (TPSA) is 80.2 Å². The Morgan fingerprint density at radius 2 is 1.91 bits per heavy atom. The predicted octanol–water partition coefficient (Wildman–Crippen LogP) is 4.09. The summed E-state index contributed by atoms with van der Waals surface area (Å²) in [6.45, 7) is 1.19. The predicted molar refractivity (Wildman–Crippen MR) is 113 cm³/mol. The van der Waals surface area contributed by atoms with Crippen molar-refractivity contribution in [3.05, 3.63) is 59.8 Å². The first-order chi connectivity index (χ1) is 15.3. The lowest BCUT2D eigenvalue weighted by Crippen LogP contribution is -2.27. The normalized spacial score (nSPS) is 15.0. The van der Waals surface area contributed by atoms with Crippen LogP contribution in [0, 0.1) is 12.7 Å². The van der Waals surface area contributed by atoms with E-state index >= 15 is 0 Å². The number of hydrogen-bond donors (Lipinski definition) is 1. The summed E-state index contributed by atoms with van der Waals surface area (Å²) in [4.78, 5) is 26.6. The molecule has 2 aromatic heterocycles. The molecule has 3 heterocycles. The molecule has 1 aromatic carbocycles. The number of pyridine rings is 1. The lowest BCUT2D eigenvalue weighted by atomic mass is 10.0. The molecule has 1 aliphatic heterocycles. The number of benzene rings is 1. The summed E-state index contributed by atoms with van der Waals surface area (Å²) in [5, 5.41) is 2.71. The molecule has 0 radical (unpaired) electrons. The van der Waals surface area contributed by atoms with Crippen molar-refractivity contribution in [2.45, 2.75) is 19.3 Å². The van der Waals surface area contributed by atoms with Crippen molar-refractivity contribution in [3.63, 3.8) is 0 Å². The fraction of sp³-hybridized carbons (Fsp3) is 0.273. The molecule has 1 saturated heterocycles. The second-order valence-electron chi connectivity index (χ2n) is 7.43. The highest BCUT2D eigenvalue weighted by atomic mass is 19.3. The average Bonchev–Trinajstić information content (AvgIpc) is 3.14. The molecule has 7 nitrogen and oxygen atoms in total. The Morgan fingerprint density at radius 1 is 1.19 bits per heavy atom. The van der Waals surface area contributed by atoms with E-state index in [1.54, 1.807) is 31.2 Å². The Labute approximate surface area is 182 Å². The molecule has 0 unspecified atom stereocenters. The van der Waals surface area contributed by atoms with Crippen LogP contribution in [0.5, 0.6) is 6.01 Å². The molecule has 1 aliphatic rings. The molecule has 1 amide bonds. The van der Waals surface area contributed by atoms with Gasteiger partial charge in [0.15, 0.2) is 5.82 Å². The van der Waals surface area contributed by atoms with Crippen molar-refractivity contribution in [2.75, 3.05) is 30.4 Å². The van der Waals surface area contributed by atoms with Gasteiger partial charge in [0.1, 0.15) is 5.82 Å². The summed E-state index contributed by atoms with van der Waals surface area (Å²) in [6.07, 6.45) is 2.21. The second kappa shape index (κ2) is 8.45. The number of anilines is 2. The summed E-state index contributed by atoms with van der Waals surface area (Å²) >= 11 is 0. The van der Waals surface area contributed by atoms with E-state index in [2.05, 4.69) is 20.3 Å². The van der Waals surface area contributed by atoms with Crippen LogP contribution in [0.3, 0.4) is 0 Å². The number of methoxy groups -OCH3 is 1. The molecule has 0 bridgehead atoms. The summed E-state index contributed by atoms with van der Waals surface area (Å²) in [7, 11) is 1.39. The summed E-state index contributed by atoms with van der Waals surface area (Å²) in [6, 6.07) is 7.74. The van der Waals surface area contributed by atoms with Crippen LogP contribution in [-0.4, -0.2) is 47.0 Å².